The van der Waals surface area contributed by atoms with Crippen molar-refractivity contribution in [3.05, 3.63) is 29.6 Å². The molecule has 0 fully saturated rings. The molecule has 98 valence electrons. The van der Waals surface area contributed by atoms with E-state index >= 15 is 0 Å². The third-order valence-corrected chi connectivity index (χ3v) is 2.56. The van der Waals surface area contributed by atoms with Crippen LogP contribution in [0.3, 0.4) is 0 Å². The Kier molecular flexibility index (Phi) is 4.65. The van der Waals surface area contributed by atoms with E-state index in [0.29, 0.717) is 6.54 Å². The van der Waals surface area contributed by atoms with Crippen LogP contribution in [-0.2, 0) is 4.79 Å². The second-order valence-corrected chi connectivity index (χ2v) is 3.82. The molecule has 0 spiro atoms. The van der Waals surface area contributed by atoms with Crippen molar-refractivity contribution in [1.29, 1.82) is 0 Å². The fourth-order valence-electron chi connectivity index (χ4n) is 1.30. The number of nitrogens with two attached hydrogens (primary N) is 1. The van der Waals surface area contributed by atoms with Gasteiger partial charge in [0.15, 0.2) is 0 Å². The minimum absolute atomic E-state index is 0.0452. The first-order chi connectivity index (χ1) is 8.45. The predicted molar refractivity (Wildman–Crippen MR) is 66.5 cm³/mol. The number of carbonyl (C=O) groups is 2. The number of hydrogen-bond acceptors (Lipinski definition) is 3. The molecule has 0 atom stereocenters. The van der Waals surface area contributed by atoms with E-state index in [4.69, 9.17) is 5.73 Å². The fourth-order valence-corrected chi connectivity index (χ4v) is 1.30. The summed E-state index contributed by atoms with van der Waals surface area (Å²) in [5.74, 6) is -1.21. The molecular formula is C12H16FN3O2. The maximum Gasteiger partial charge on any atom is 0.253 e. The molecule has 0 aliphatic rings. The van der Waals surface area contributed by atoms with Crippen molar-refractivity contribution in [2.24, 2.45) is 0 Å². The molecule has 0 saturated heterocycles. The largest absolute Gasteiger partial charge is 0.398 e. The Hall–Kier alpha value is -2.11. The molecule has 0 aromatic heterocycles. The molecule has 18 heavy (non-hydrogen) atoms. The number of anilines is 1. The van der Waals surface area contributed by atoms with Gasteiger partial charge in [-0.1, -0.05) is 0 Å². The molecule has 0 bridgehead atoms. The van der Waals surface area contributed by atoms with Crippen molar-refractivity contribution >= 4 is 17.5 Å². The van der Waals surface area contributed by atoms with Gasteiger partial charge in [0.25, 0.3) is 5.91 Å². The lowest BCUT2D eigenvalue weighted by Gasteiger charge is -2.15. The third-order valence-electron chi connectivity index (χ3n) is 2.56. The summed E-state index contributed by atoms with van der Waals surface area (Å²) in [4.78, 5) is 24.7. The van der Waals surface area contributed by atoms with Crippen molar-refractivity contribution in [3.8, 4) is 0 Å². The molecule has 1 aromatic rings. The van der Waals surface area contributed by atoms with Crippen LogP contribution in [0, 0.1) is 5.82 Å². The minimum atomic E-state index is -0.508. The van der Waals surface area contributed by atoms with Crippen LogP contribution in [0.15, 0.2) is 18.2 Å². The number of likely N-dealkylation sites (N-methyl/N-ethyl adjacent to an activating group) is 1. The zero-order chi connectivity index (χ0) is 13.7. The lowest BCUT2D eigenvalue weighted by Crippen LogP contribution is -2.38. The first-order valence-corrected chi connectivity index (χ1v) is 5.53. The first kappa shape index (κ1) is 14.0. The number of nitrogens with one attached hydrogen (secondary N) is 1. The molecule has 1 aromatic carbocycles. The highest BCUT2D eigenvalue weighted by molar-refractivity contribution is 6.00. The maximum absolute atomic E-state index is 12.8. The monoisotopic (exact) mass is 253 g/mol. The smallest absolute Gasteiger partial charge is 0.253 e. The van der Waals surface area contributed by atoms with E-state index in [1.807, 2.05) is 6.92 Å². The second-order valence-electron chi connectivity index (χ2n) is 3.82. The van der Waals surface area contributed by atoms with Gasteiger partial charge in [-0.05, 0) is 25.1 Å². The van der Waals surface area contributed by atoms with Crippen LogP contribution >= 0.6 is 0 Å². The molecule has 0 heterocycles. The lowest BCUT2D eigenvalue weighted by molar-refractivity contribution is -0.128. The molecule has 1 rings (SSSR count). The molecule has 0 saturated carbocycles. The summed E-state index contributed by atoms with van der Waals surface area (Å²) in [7, 11) is 1.64. The summed E-state index contributed by atoms with van der Waals surface area (Å²) < 4.78 is 12.8. The summed E-state index contributed by atoms with van der Waals surface area (Å²) in [6.45, 7) is 2.28. The molecule has 3 N–H and O–H groups in total. The van der Waals surface area contributed by atoms with Gasteiger partial charge in [0.2, 0.25) is 5.91 Å². The summed E-state index contributed by atoms with van der Waals surface area (Å²) >= 11 is 0. The van der Waals surface area contributed by atoms with Gasteiger partial charge in [0.1, 0.15) is 5.82 Å². The Morgan fingerprint density at radius 1 is 1.44 bits per heavy atom. The van der Waals surface area contributed by atoms with Crippen LogP contribution in [0.1, 0.15) is 17.3 Å². The molecular weight excluding hydrogens is 237 g/mol. The van der Waals surface area contributed by atoms with Crippen LogP contribution < -0.4 is 11.1 Å². The second kappa shape index (κ2) is 6.00. The van der Waals surface area contributed by atoms with Gasteiger partial charge in [-0.3, -0.25) is 9.59 Å². The van der Waals surface area contributed by atoms with Crippen molar-refractivity contribution in [2.75, 3.05) is 25.9 Å². The number of amides is 2. The van der Waals surface area contributed by atoms with Crippen LogP contribution in [0.5, 0.6) is 0 Å². The molecule has 6 heteroatoms. The predicted octanol–water partition coefficient (Wildman–Crippen LogP) is 0.616. The van der Waals surface area contributed by atoms with Gasteiger partial charge in [-0.15, -0.1) is 0 Å². The Bertz CT molecular complexity index is 463. The van der Waals surface area contributed by atoms with Crippen LogP contribution in [0.25, 0.3) is 0 Å². The maximum atomic E-state index is 12.8. The van der Waals surface area contributed by atoms with E-state index < -0.39 is 11.7 Å². The zero-order valence-corrected chi connectivity index (χ0v) is 10.4. The quantitative estimate of drug-likeness (QED) is 0.772. The zero-order valence-electron chi connectivity index (χ0n) is 10.4. The normalized spacial score (nSPS) is 9.94. The van der Waals surface area contributed by atoms with E-state index in [9.17, 15) is 14.0 Å². The minimum Gasteiger partial charge on any atom is -0.398 e. The van der Waals surface area contributed by atoms with Gasteiger partial charge < -0.3 is 16.0 Å². The Morgan fingerprint density at radius 2 is 2.11 bits per heavy atom. The third kappa shape index (κ3) is 3.44. The van der Waals surface area contributed by atoms with Crippen molar-refractivity contribution in [3.63, 3.8) is 0 Å². The SMILES string of the molecule is CCN(C)C(=O)CNC(=O)c1ccc(F)cc1N. The number of carbonyl (C=O) groups excluding carboxylic acids is 2. The Balaban J connectivity index is 2.63. The highest BCUT2D eigenvalue weighted by Gasteiger charge is 2.13. The first-order valence-electron chi connectivity index (χ1n) is 5.53. The molecule has 0 aliphatic carbocycles. The van der Waals surface area contributed by atoms with E-state index in [2.05, 4.69) is 5.32 Å². The number of nitrogen functional groups attached to an aromatic ring is 1. The van der Waals surface area contributed by atoms with Crippen molar-refractivity contribution in [2.45, 2.75) is 6.92 Å². The summed E-state index contributed by atoms with van der Waals surface area (Å²) in [5, 5.41) is 2.44. The topological polar surface area (TPSA) is 75.4 Å². The highest BCUT2D eigenvalue weighted by atomic mass is 19.1. The summed E-state index contributed by atoms with van der Waals surface area (Å²) in [5.41, 5.74) is 5.72. The standard InChI is InChI=1S/C12H16FN3O2/c1-3-16(2)11(17)7-15-12(18)9-5-4-8(13)6-10(9)14/h4-6H,3,7,14H2,1-2H3,(H,15,18). The van der Waals surface area contributed by atoms with Gasteiger partial charge in [-0.25, -0.2) is 4.39 Å². The molecule has 2 amide bonds. The van der Waals surface area contributed by atoms with Gasteiger partial charge in [0, 0.05) is 19.3 Å². The fraction of sp³-hybridized carbons (Fsp3) is 0.333. The van der Waals surface area contributed by atoms with E-state index in [1.54, 1.807) is 7.05 Å². The molecule has 0 unspecified atom stereocenters. The number of nitrogens with zero attached hydrogens (tertiary/aromatic N) is 1. The van der Waals surface area contributed by atoms with Crippen LogP contribution in [0.2, 0.25) is 0 Å². The van der Waals surface area contributed by atoms with E-state index in [0.717, 1.165) is 12.1 Å². The average molecular weight is 253 g/mol. The van der Waals surface area contributed by atoms with Gasteiger partial charge in [-0.2, -0.15) is 0 Å². The Labute approximate surface area is 105 Å². The number of benzene rings is 1. The number of halogens is 1. The highest BCUT2D eigenvalue weighted by Crippen LogP contribution is 2.12. The summed E-state index contributed by atoms with van der Waals surface area (Å²) in [6.07, 6.45) is 0. The summed E-state index contributed by atoms with van der Waals surface area (Å²) in [6, 6.07) is 3.49. The van der Waals surface area contributed by atoms with Crippen molar-refractivity contribution < 1.29 is 14.0 Å². The van der Waals surface area contributed by atoms with E-state index in [-0.39, 0.29) is 23.7 Å². The molecule has 0 radical (unpaired) electrons. The van der Waals surface area contributed by atoms with Crippen LogP contribution in [-0.4, -0.2) is 36.9 Å². The molecule has 5 nitrogen and oxygen atoms in total. The van der Waals surface area contributed by atoms with Gasteiger partial charge in [0.05, 0.1) is 12.1 Å². The average Bonchev–Trinajstić information content (AvgIpc) is 2.34. The van der Waals surface area contributed by atoms with Gasteiger partial charge >= 0.3 is 0 Å². The van der Waals surface area contributed by atoms with Crippen LogP contribution in [0.4, 0.5) is 10.1 Å². The number of hydrogen-bond donors (Lipinski definition) is 2. The van der Waals surface area contributed by atoms with E-state index in [1.165, 1.54) is 11.0 Å². The Morgan fingerprint density at radius 3 is 2.67 bits per heavy atom. The van der Waals surface area contributed by atoms with Crippen molar-refractivity contribution in [1.82, 2.24) is 10.2 Å². The number of rotatable bonds is 4. The lowest BCUT2D eigenvalue weighted by atomic mass is 10.1. The molecule has 0 aliphatic heterocycles.